The minimum Gasteiger partial charge on any atom is -0.481 e. The third kappa shape index (κ3) is 2.53. The molecule has 3 nitrogen and oxygen atoms in total. The van der Waals surface area contributed by atoms with Crippen molar-refractivity contribution in [2.45, 2.75) is 20.3 Å². The van der Waals surface area contributed by atoms with E-state index in [0.717, 1.165) is 0 Å². The van der Waals surface area contributed by atoms with Crippen molar-refractivity contribution in [3.05, 3.63) is 12.7 Å². The maximum atomic E-state index is 10.6. The quantitative estimate of drug-likeness (QED) is 0.623. The van der Waals surface area contributed by atoms with Gasteiger partial charge in [-0.15, -0.1) is 6.58 Å². The van der Waals surface area contributed by atoms with Gasteiger partial charge in [-0.2, -0.15) is 0 Å². The third-order valence-electron chi connectivity index (χ3n) is 1.56. The van der Waals surface area contributed by atoms with Gasteiger partial charge in [0.05, 0.1) is 5.41 Å². The van der Waals surface area contributed by atoms with Crippen LogP contribution in [-0.2, 0) is 9.59 Å². The van der Waals surface area contributed by atoms with Crippen molar-refractivity contribution in [2.75, 3.05) is 0 Å². The summed E-state index contributed by atoms with van der Waals surface area (Å²) in [5, 5.41) is 8.66. The summed E-state index contributed by atoms with van der Waals surface area (Å²) < 4.78 is 0. The summed E-state index contributed by atoms with van der Waals surface area (Å²) >= 11 is 0. The van der Waals surface area contributed by atoms with Crippen molar-refractivity contribution in [2.24, 2.45) is 5.41 Å². The zero-order chi connectivity index (χ0) is 9.07. The van der Waals surface area contributed by atoms with Crippen LogP contribution in [0.2, 0.25) is 0 Å². The zero-order valence-corrected chi connectivity index (χ0v) is 6.76. The molecule has 0 saturated heterocycles. The number of carboxylic acids is 1. The fourth-order valence-corrected chi connectivity index (χ4v) is 0.752. The Balaban J connectivity index is 4.47. The predicted molar refractivity (Wildman–Crippen MR) is 41.2 cm³/mol. The molecule has 1 N–H and O–H groups in total. The molecule has 0 aliphatic heterocycles. The number of carboxylic acid groups (broad SMARTS) is 1. The molecule has 0 spiro atoms. The Hall–Kier alpha value is -1.12. The summed E-state index contributed by atoms with van der Waals surface area (Å²) in [5.74, 6) is -1.16. The summed E-state index contributed by atoms with van der Waals surface area (Å²) in [4.78, 5) is 21.2. The van der Waals surface area contributed by atoms with Crippen molar-refractivity contribution in [1.29, 1.82) is 0 Å². The summed E-state index contributed by atoms with van der Waals surface area (Å²) in [6, 6.07) is 0. The smallest absolute Gasteiger partial charge is 0.313 e. The second-order valence-electron chi connectivity index (χ2n) is 2.81. The minimum absolute atomic E-state index is 0.00579. The van der Waals surface area contributed by atoms with E-state index in [2.05, 4.69) is 6.58 Å². The van der Waals surface area contributed by atoms with Gasteiger partial charge in [-0.25, -0.2) is 0 Å². The van der Waals surface area contributed by atoms with Gasteiger partial charge in [-0.05, 0) is 13.8 Å². The zero-order valence-electron chi connectivity index (χ0n) is 6.76. The summed E-state index contributed by atoms with van der Waals surface area (Å²) in [6.45, 7) is 6.22. The topological polar surface area (TPSA) is 54.4 Å². The predicted octanol–water partition coefficient (Wildman–Crippen LogP) is 1.24. The van der Waals surface area contributed by atoms with Gasteiger partial charge >= 0.3 is 5.97 Å². The number of carbonyl (C=O) groups excluding carboxylic acids is 1. The van der Waals surface area contributed by atoms with E-state index in [1.165, 1.54) is 19.9 Å². The van der Waals surface area contributed by atoms with E-state index in [9.17, 15) is 9.59 Å². The number of hydrogen-bond donors (Lipinski definition) is 1. The van der Waals surface area contributed by atoms with Crippen LogP contribution in [-0.4, -0.2) is 16.9 Å². The van der Waals surface area contributed by atoms with E-state index in [-0.39, 0.29) is 12.2 Å². The van der Waals surface area contributed by atoms with Crippen LogP contribution in [0.15, 0.2) is 12.7 Å². The Morgan fingerprint density at radius 3 is 2.18 bits per heavy atom. The first-order valence-electron chi connectivity index (χ1n) is 3.29. The Bertz CT molecular complexity index is 196. The van der Waals surface area contributed by atoms with Crippen molar-refractivity contribution >= 4 is 11.8 Å². The molecule has 1 unspecified atom stereocenters. The first-order valence-corrected chi connectivity index (χ1v) is 3.29. The molecule has 0 aromatic rings. The number of ketones is 1. The van der Waals surface area contributed by atoms with E-state index in [1.54, 1.807) is 0 Å². The highest BCUT2D eigenvalue weighted by atomic mass is 16.4. The van der Waals surface area contributed by atoms with Gasteiger partial charge < -0.3 is 5.11 Å². The van der Waals surface area contributed by atoms with Crippen molar-refractivity contribution in [3.63, 3.8) is 0 Å². The molecule has 3 heteroatoms. The number of carbonyl (C=O) groups is 2. The lowest BCUT2D eigenvalue weighted by molar-refractivity contribution is -0.147. The molecule has 0 aromatic carbocycles. The summed E-state index contributed by atoms with van der Waals surface area (Å²) in [5.41, 5.74) is -1.11. The van der Waals surface area contributed by atoms with Gasteiger partial charge in [-0.1, -0.05) is 6.08 Å². The van der Waals surface area contributed by atoms with Crippen molar-refractivity contribution < 1.29 is 14.7 Å². The van der Waals surface area contributed by atoms with Crippen LogP contribution in [0.1, 0.15) is 20.3 Å². The van der Waals surface area contributed by atoms with E-state index in [1.807, 2.05) is 0 Å². The number of rotatable bonds is 4. The monoisotopic (exact) mass is 156 g/mol. The molecule has 0 radical (unpaired) electrons. The molecule has 0 saturated carbocycles. The average molecular weight is 156 g/mol. The summed E-state index contributed by atoms with van der Waals surface area (Å²) in [7, 11) is 0. The highest BCUT2D eigenvalue weighted by Gasteiger charge is 2.30. The average Bonchev–Trinajstić information content (AvgIpc) is 1.86. The molecular formula is C8H12O3. The van der Waals surface area contributed by atoms with E-state index < -0.39 is 11.4 Å². The van der Waals surface area contributed by atoms with E-state index in [4.69, 9.17) is 5.11 Å². The van der Waals surface area contributed by atoms with Crippen LogP contribution in [0.5, 0.6) is 0 Å². The Morgan fingerprint density at radius 1 is 1.64 bits per heavy atom. The van der Waals surface area contributed by atoms with Gasteiger partial charge in [0.2, 0.25) is 0 Å². The molecule has 1 atom stereocenters. The van der Waals surface area contributed by atoms with Crippen LogP contribution in [0.25, 0.3) is 0 Å². The van der Waals surface area contributed by atoms with E-state index >= 15 is 0 Å². The first kappa shape index (κ1) is 9.88. The van der Waals surface area contributed by atoms with Crippen LogP contribution < -0.4 is 0 Å². The molecule has 0 fully saturated rings. The first-order chi connectivity index (χ1) is 4.92. The van der Waals surface area contributed by atoms with Gasteiger partial charge in [0.25, 0.3) is 0 Å². The molecule has 0 amide bonds. The Morgan fingerprint density at radius 2 is 2.09 bits per heavy atom. The van der Waals surface area contributed by atoms with Gasteiger partial charge in [0.1, 0.15) is 5.78 Å². The third-order valence-corrected chi connectivity index (χ3v) is 1.56. The molecule has 0 bridgehead atoms. The highest BCUT2D eigenvalue weighted by Crippen LogP contribution is 2.22. The lowest BCUT2D eigenvalue weighted by Crippen LogP contribution is -2.27. The second kappa shape index (κ2) is 3.32. The maximum absolute atomic E-state index is 10.6. The molecule has 0 aliphatic carbocycles. The molecule has 0 rings (SSSR count). The lowest BCUT2D eigenvalue weighted by atomic mass is 9.86. The SMILES string of the molecule is C=CC(C)(CC(C)=O)C(=O)O. The Kier molecular flexibility index (Phi) is 2.99. The van der Waals surface area contributed by atoms with Crippen LogP contribution >= 0.6 is 0 Å². The number of Topliss-reactive ketones (excluding diaryl/α,β-unsaturated/α-hetero) is 1. The number of hydrogen-bond acceptors (Lipinski definition) is 2. The van der Waals surface area contributed by atoms with Gasteiger partial charge in [0, 0.05) is 6.42 Å². The fraction of sp³-hybridized carbons (Fsp3) is 0.500. The molecule has 0 heterocycles. The highest BCUT2D eigenvalue weighted by molar-refractivity contribution is 5.85. The normalized spacial score (nSPS) is 15.1. The fourth-order valence-electron chi connectivity index (χ4n) is 0.752. The minimum atomic E-state index is -1.11. The van der Waals surface area contributed by atoms with Gasteiger partial charge in [-0.3, -0.25) is 9.59 Å². The molecule has 62 valence electrons. The summed E-state index contributed by atoms with van der Waals surface area (Å²) in [6.07, 6.45) is 1.29. The molecule has 0 aromatic heterocycles. The van der Waals surface area contributed by atoms with Crippen molar-refractivity contribution in [3.8, 4) is 0 Å². The Labute approximate surface area is 65.7 Å². The van der Waals surface area contributed by atoms with Gasteiger partial charge in [0.15, 0.2) is 0 Å². The lowest BCUT2D eigenvalue weighted by Gasteiger charge is -2.17. The maximum Gasteiger partial charge on any atom is 0.313 e. The second-order valence-corrected chi connectivity index (χ2v) is 2.81. The standard InChI is InChI=1S/C8H12O3/c1-4-8(3,7(10)11)5-6(2)9/h4H,1,5H2,2-3H3,(H,10,11). The van der Waals surface area contributed by atoms with Crippen LogP contribution in [0.4, 0.5) is 0 Å². The van der Waals surface area contributed by atoms with Crippen molar-refractivity contribution in [1.82, 2.24) is 0 Å². The number of aliphatic carboxylic acids is 1. The molecular weight excluding hydrogens is 144 g/mol. The van der Waals surface area contributed by atoms with Crippen LogP contribution in [0.3, 0.4) is 0 Å². The molecule has 0 aliphatic rings. The van der Waals surface area contributed by atoms with Crippen LogP contribution in [0, 0.1) is 5.41 Å². The van der Waals surface area contributed by atoms with E-state index in [0.29, 0.717) is 0 Å². The molecule has 11 heavy (non-hydrogen) atoms. The largest absolute Gasteiger partial charge is 0.481 e.